The molecule has 0 saturated carbocycles. The molecule has 0 aliphatic heterocycles. The van der Waals surface area contributed by atoms with Crippen molar-refractivity contribution in [3.05, 3.63) is 47.8 Å². The Bertz CT molecular complexity index is 531. The predicted octanol–water partition coefficient (Wildman–Crippen LogP) is 1.80. The minimum absolute atomic E-state index is 0.0745. The topological polar surface area (TPSA) is 56.3 Å². The molecule has 5 nitrogen and oxygen atoms in total. The van der Waals surface area contributed by atoms with E-state index in [1.165, 1.54) is 0 Å². The first kappa shape index (κ1) is 13.3. The molecule has 1 unspecified atom stereocenters. The number of hydrogen-bond donors (Lipinski definition) is 1. The molecule has 1 aromatic heterocycles. The summed E-state index contributed by atoms with van der Waals surface area (Å²) in [6.45, 7) is 0. The number of methoxy groups -OCH3 is 2. The zero-order valence-corrected chi connectivity index (χ0v) is 11.3. The third-order valence-corrected chi connectivity index (χ3v) is 2.84. The van der Waals surface area contributed by atoms with Crippen LogP contribution in [0.2, 0.25) is 0 Å². The Morgan fingerprint density at radius 2 is 1.84 bits per heavy atom. The highest BCUT2D eigenvalue weighted by atomic mass is 16.5. The lowest BCUT2D eigenvalue weighted by Gasteiger charge is -2.18. The van der Waals surface area contributed by atoms with Gasteiger partial charge in [0.05, 0.1) is 26.5 Å². The Hall–Kier alpha value is -2.14. The highest BCUT2D eigenvalue weighted by molar-refractivity contribution is 5.34. The normalized spacial score (nSPS) is 11.9. The van der Waals surface area contributed by atoms with Crippen LogP contribution in [0.1, 0.15) is 17.3 Å². The van der Waals surface area contributed by atoms with E-state index >= 15 is 0 Å². The Morgan fingerprint density at radius 1 is 1.11 bits per heavy atom. The van der Waals surface area contributed by atoms with Crippen molar-refractivity contribution in [2.24, 2.45) is 0 Å². The Kier molecular flexibility index (Phi) is 4.30. The molecule has 1 N–H and O–H groups in total. The molecule has 1 atom stereocenters. The van der Waals surface area contributed by atoms with Crippen LogP contribution in [-0.2, 0) is 0 Å². The van der Waals surface area contributed by atoms with E-state index in [-0.39, 0.29) is 6.04 Å². The molecule has 0 aliphatic carbocycles. The van der Waals surface area contributed by atoms with Crippen LogP contribution >= 0.6 is 0 Å². The Morgan fingerprint density at radius 3 is 2.42 bits per heavy atom. The largest absolute Gasteiger partial charge is 0.480 e. The molecule has 0 amide bonds. The van der Waals surface area contributed by atoms with Crippen molar-refractivity contribution >= 4 is 0 Å². The monoisotopic (exact) mass is 259 g/mol. The van der Waals surface area contributed by atoms with Gasteiger partial charge in [-0.1, -0.05) is 30.3 Å². The van der Waals surface area contributed by atoms with Gasteiger partial charge in [0.25, 0.3) is 0 Å². The summed E-state index contributed by atoms with van der Waals surface area (Å²) in [5.41, 5.74) is 1.83. The van der Waals surface area contributed by atoms with E-state index in [0.29, 0.717) is 11.8 Å². The van der Waals surface area contributed by atoms with Gasteiger partial charge in [-0.2, -0.15) is 4.98 Å². The second-order valence-corrected chi connectivity index (χ2v) is 3.94. The summed E-state index contributed by atoms with van der Waals surface area (Å²) in [6.07, 6.45) is 1.59. The van der Waals surface area contributed by atoms with E-state index in [9.17, 15) is 0 Å². The van der Waals surface area contributed by atoms with Crippen molar-refractivity contribution in [2.75, 3.05) is 21.3 Å². The summed E-state index contributed by atoms with van der Waals surface area (Å²) in [6, 6.07) is 9.95. The van der Waals surface area contributed by atoms with Crippen LogP contribution in [-0.4, -0.2) is 31.2 Å². The molecule has 1 heterocycles. The van der Waals surface area contributed by atoms with Crippen molar-refractivity contribution in [3.63, 3.8) is 0 Å². The lowest BCUT2D eigenvalue weighted by atomic mass is 10.0. The molecule has 0 bridgehead atoms. The van der Waals surface area contributed by atoms with Gasteiger partial charge in [0.2, 0.25) is 11.8 Å². The fourth-order valence-electron chi connectivity index (χ4n) is 1.92. The Balaban J connectivity index is 2.43. The first-order chi connectivity index (χ1) is 9.30. The average Bonchev–Trinajstić information content (AvgIpc) is 2.49. The van der Waals surface area contributed by atoms with Crippen LogP contribution in [0, 0.1) is 0 Å². The molecule has 2 aromatic rings. The van der Waals surface area contributed by atoms with Gasteiger partial charge in [0.1, 0.15) is 5.69 Å². The number of aromatic nitrogens is 2. The lowest BCUT2D eigenvalue weighted by Crippen LogP contribution is -2.20. The van der Waals surface area contributed by atoms with Gasteiger partial charge in [-0.25, -0.2) is 4.98 Å². The molecule has 0 fully saturated rings. The molecule has 19 heavy (non-hydrogen) atoms. The van der Waals surface area contributed by atoms with E-state index in [4.69, 9.17) is 9.47 Å². The number of nitrogens with zero attached hydrogens (tertiary/aromatic N) is 2. The van der Waals surface area contributed by atoms with Gasteiger partial charge in [-0.15, -0.1) is 0 Å². The first-order valence-electron chi connectivity index (χ1n) is 5.97. The molecule has 2 rings (SSSR count). The number of nitrogens with one attached hydrogen (secondary N) is 1. The van der Waals surface area contributed by atoms with Crippen molar-refractivity contribution in [1.82, 2.24) is 15.3 Å². The minimum Gasteiger partial charge on any atom is -0.480 e. The van der Waals surface area contributed by atoms with Crippen molar-refractivity contribution in [3.8, 4) is 11.8 Å². The van der Waals surface area contributed by atoms with Crippen LogP contribution in [0.15, 0.2) is 36.5 Å². The average molecular weight is 259 g/mol. The maximum absolute atomic E-state index is 5.30. The summed E-state index contributed by atoms with van der Waals surface area (Å²) in [5, 5.41) is 3.22. The van der Waals surface area contributed by atoms with Crippen LogP contribution in [0.5, 0.6) is 11.8 Å². The van der Waals surface area contributed by atoms with Gasteiger partial charge in [0.15, 0.2) is 0 Å². The number of benzene rings is 1. The van der Waals surface area contributed by atoms with Crippen molar-refractivity contribution in [2.45, 2.75) is 6.04 Å². The van der Waals surface area contributed by atoms with Crippen molar-refractivity contribution < 1.29 is 9.47 Å². The summed E-state index contributed by atoms with van der Waals surface area (Å²) in [7, 11) is 5.00. The summed E-state index contributed by atoms with van der Waals surface area (Å²) in [5.74, 6) is 0.895. The fraction of sp³-hybridized carbons (Fsp3) is 0.286. The molecular formula is C14H17N3O2. The molecule has 0 aliphatic rings. The summed E-state index contributed by atoms with van der Waals surface area (Å²) >= 11 is 0. The quantitative estimate of drug-likeness (QED) is 0.887. The molecule has 0 radical (unpaired) electrons. The lowest BCUT2D eigenvalue weighted by molar-refractivity contribution is 0.353. The van der Waals surface area contributed by atoms with E-state index < -0.39 is 0 Å². The third-order valence-electron chi connectivity index (χ3n) is 2.84. The zero-order valence-electron chi connectivity index (χ0n) is 11.3. The van der Waals surface area contributed by atoms with Crippen molar-refractivity contribution in [1.29, 1.82) is 0 Å². The van der Waals surface area contributed by atoms with Crippen LogP contribution in [0.25, 0.3) is 0 Å². The van der Waals surface area contributed by atoms with Gasteiger partial charge in [0, 0.05) is 0 Å². The number of ether oxygens (including phenoxy) is 2. The summed E-state index contributed by atoms with van der Waals surface area (Å²) < 4.78 is 10.4. The third kappa shape index (κ3) is 2.82. The number of hydrogen-bond acceptors (Lipinski definition) is 5. The van der Waals surface area contributed by atoms with Gasteiger partial charge < -0.3 is 14.8 Å². The highest BCUT2D eigenvalue weighted by Crippen LogP contribution is 2.27. The molecule has 0 spiro atoms. The predicted molar refractivity (Wildman–Crippen MR) is 72.5 cm³/mol. The number of rotatable bonds is 5. The molecule has 1 aromatic carbocycles. The molecule has 0 saturated heterocycles. The smallest absolute Gasteiger partial charge is 0.240 e. The van der Waals surface area contributed by atoms with Crippen LogP contribution in [0.4, 0.5) is 0 Å². The maximum Gasteiger partial charge on any atom is 0.240 e. The molecular weight excluding hydrogens is 242 g/mol. The molecule has 100 valence electrons. The van der Waals surface area contributed by atoms with E-state index in [0.717, 1.165) is 11.3 Å². The summed E-state index contributed by atoms with van der Waals surface area (Å²) in [4.78, 5) is 8.65. The van der Waals surface area contributed by atoms with E-state index in [1.807, 2.05) is 37.4 Å². The van der Waals surface area contributed by atoms with Gasteiger partial charge in [-0.3, -0.25) is 0 Å². The van der Waals surface area contributed by atoms with Crippen LogP contribution in [0.3, 0.4) is 0 Å². The van der Waals surface area contributed by atoms with Gasteiger partial charge >= 0.3 is 0 Å². The van der Waals surface area contributed by atoms with Gasteiger partial charge in [-0.05, 0) is 12.6 Å². The second-order valence-electron chi connectivity index (χ2n) is 3.94. The first-order valence-corrected chi connectivity index (χ1v) is 5.97. The fourth-order valence-corrected chi connectivity index (χ4v) is 1.92. The minimum atomic E-state index is -0.0745. The van der Waals surface area contributed by atoms with Crippen LogP contribution < -0.4 is 14.8 Å². The Labute approximate surface area is 112 Å². The SMILES string of the molecule is CNC(c1ccccc1)c1ncc(OC)nc1OC. The maximum atomic E-state index is 5.30. The standard InChI is InChI=1S/C14H17N3O2/c1-15-12(10-7-5-4-6-8-10)13-14(19-3)17-11(18-2)9-16-13/h4-9,12,15H,1-3H3. The second kappa shape index (κ2) is 6.15. The van der Waals surface area contributed by atoms with E-state index in [2.05, 4.69) is 15.3 Å². The molecule has 5 heteroatoms. The highest BCUT2D eigenvalue weighted by Gasteiger charge is 2.19. The van der Waals surface area contributed by atoms with E-state index in [1.54, 1.807) is 20.4 Å². The zero-order chi connectivity index (χ0) is 13.7.